The highest BCUT2D eigenvalue weighted by molar-refractivity contribution is 5.33. The van der Waals surface area contributed by atoms with E-state index in [4.69, 9.17) is 15.7 Å². The van der Waals surface area contributed by atoms with Crippen LogP contribution in [0.4, 0.5) is 4.39 Å². The van der Waals surface area contributed by atoms with Crippen LogP contribution in [-0.4, -0.2) is 13.2 Å². The number of halogens is 1. The van der Waals surface area contributed by atoms with E-state index in [9.17, 15) is 4.39 Å². The zero-order chi connectivity index (χ0) is 11.1. The van der Waals surface area contributed by atoms with E-state index < -0.39 is 0 Å². The number of nitriles is 1. The van der Waals surface area contributed by atoms with Crippen molar-refractivity contribution in [2.24, 2.45) is 5.73 Å². The Hall–Kier alpha value is -1.44. The lowest BCUT2D eigenvalue weighted by Gasteiger charge is -2.04. The summed E-state index contributed by atoms with van der Waals surface area (Å²) >= 11 is 0. The molecule has 0 aromatic heterocycles. The first-order chi connectivity index (χ1) is 7.27. The average Bonchev–Trinajstić information content (AvgIpc) is 2.26. The number of nitrogens with zero attached hydrogens (tertiary/aromatic N) is 1. The van der Waals surface area contributed by atoms with Crippen molar-refractivity contribution < 1.29 is 9.13 Å². The molecule has 1 aromatic rings. The Morgan fingerprint density at radius 1 is 1.47 bits per heavy atom. The second-order valence-electron chi connectivity index (χ2n) is 3.11. The van der Waals surface area contributed by atoms with Gasteiger partial charge in [-0.05, 0) is 31.2 Å². The Bertz CT molecular complexity index is 360. The van der Waals surface area contributed by atoms with Crippen LogP contribution in [0.15, 0.2) is 18.2 Å². The zero-order valence-corrected chi connectivity index (χ0v) is 8.37. The summed E-state index contributed by atoms with van der Waals surface area (Å²) in [6.07, 6.45) is 0.750. The highest BCUT2D eigenvalue weighted by Crippen LogP contribution is 2.11. The molecule has 0 aliphatic rings. The number of rotatable bonds is 5. The number of hydrogen-bond donors (Lipinski definition) is 1. The minimum absolute atomic E-state index is 0.182. The highest BCUT2D eigenvalue weighted by atomic mass is 19.1. The molecule has 0 aliphatic heterocycles. The second kappa shape index (κ2) is 6.12. The van der Waals surface area contributed by atoms with E-state index in [0.29, 0.717) is 24.3 Å². The van der Waals surface area contributed by atoms with E-state index in [1.54, 1.807) is 0 Å². The second-order valence-corrected chi connectivity index (χ2v) is 3.11. The Balaban J connectivity index is 2.56. The van der Waals surface area contributed by atoms with Crippen molar-refractivity contribution in [1.29, 1.82) is 5.26 Å². The van der Waals surface area contributed by atoms with Crippen molar-refractivity contribution in [3.05, 3.63) is 35.1 Å². The summed E-state index contributed by atoms with van der Waals surface area (Å²) in [6.45, 7) is 1.24. The fourth-order valence-electron chi connectivity index (χ4n) is 1.12. The topological polar surface area (TPSA) is 59.0 Å². The maximum atomic E-state index is 13.2. The van der Waals surface area contributed by atoms with Crippen LogP contribution in [0.2, 0.25) is 0 Å². The van der Waals surface area contributed by atoms with Gasteiger partial charge in [0.25, 0.3) is 0 Å². The molecule has 0 radical (unpaired) electrons. The lowest BCUT2D eigenvalue weighted by atomic mass is 10.1. The van der Waals surface area contributed by atoms with E-state index in [1.807, 2.05) is 6.07 Å². The Morgan fingerprint density at radius 3 is 2.93 bits per heavy atom. The quantitative estimate of drug-likeness (QED) is 0.747. The first-order valence-corrected chi connectivity index (χ1v) is 4.74. The molecule has 0 saturated carbocycles. The van der Waals surface area contributed by atoms with Gasteiger partial charge in [-0.2, -0.15) is 5.26 Å². The van der Waals surface area contributed by atoms with Crippen LogP contribution in [0.3, 0.4) is 0 Å². The lowest BCUT2D eigenvalue weighted by molar-refractivity contribution is 0.117. The van der Waals surface area contributed by atoms with Crippen molar-refractivity contribution in [1.82, 2.24) is 0 Å². The molecule has 0 amide bonds. The normalized spacial score (nSPS) is 9.93. The van der Waals surface area contributed by atoms with Crippen LogP contribution in [0.1, 0.15) is 17.5 Å². The van der Waals surface area contributed by atoms with Crippen LogP contribution in [-0.2, 0) is 11.3 Å². The molecule has 0 fully saturated rings. The van der Waals surface area contributed by atoms with Gasteiger partial charge in [0.15, 0.2) is 0 Å². The standard InChI is InChI=1S/C11H13FN2O/c12-11-3-2-9(7-14)6-10(11)8-15-5-1-4-13/h2-3,6H,1,4-5,8,13H2. The van der Waals surface area contributed by atoms with Gasteiger partial charge >= 0.3 is 0 Å². The Labute approximate surface area is 88.3 Å². The number of hydrogen-bond acceptors (Lipinski definition) is 3. The third kappa shape index (κ3) is 3.66. The van der Waals surface area contributed by atoms with Gasteiger partial charge in [0.2, 0.25) is 0 Å². The van der Waals surface area contributed by atoms with Gasteiger partial charge in [0, 0.05) is 12.2 Å². The summed E-state index contributed by atoms with van der Waals surface area (Å²) in [6, 6.07) is 6.17. The number of benzene rings is 1. The van der Waals surface area contributed by atoms with Crippen molar-refractivity contribution in [3.63, 3.8) is 0 Å². The van der Waals surface area contributed by atoms with Crippen LogP contribution >= 0.6 is 0 Å². The number of ether oxygens (including phenoxy) is 1. The van der Waals surface area contributed by atoms with Gasteiger partial charge in [0.05, 0.1) is 18.2 Å². The first-order valence-electron chi connectivity index (χ1n) is 4.74. The maximum Gasteiger partial charge on any atom is 0.128 e. The molecule has 0 saturated heterocycles. The molecule has 80 valence electrons. The molecule has 0 unspecified atom stereocenters. The van der Waals surface area contributed by atoms with Gasteiger partial charge < -0.3 is 10.5 Å². The third-order valence-electron chi connectivity index (χ3n) is 1.93. The summed E-state index contributed by atoms with van der Waals surface area (Å²) in [4.78, 5) is 0. The van der Waals surface area contributed by atoms with E-state index in [2.05, 4.69) is 0 Å². The van der Waals surface area contributed by atoms with Crippen molar-refractivity contribution in [2.45, 2.75) is 13.0 Å². The molecule has 1 aromatic carbocycles. The highest BCUT2D eigenvalue weighted by Gasteiger charge is 2.03. The predicted molar refractivity (Wildman–Crippen MR) is 54.4 cm³/mol. The maximum absolute atomic E-state index is 13.2. The van der Waals surface area contributed by atoms with E-state index in [1.165, 1.54) is 18.2 Å². The largest absolute Gasteiger partial charge is 0.377 e. The SMILES string of the molecule is N#Cc1ccc(F)c(COCCCN)c1. The minimum Gasteiger partial charge on any atom is -0.377 e. The van der Waals surface area contributed by atoms with E-state index >= 15 is 0 Å². The molecule has 4 heteroatoms. The summed E-state index contributed by atoms with van der Waals surface area (Å²) in [5.74, 6) is -0.346. The molecule has 0 aliphatic carbocycles. The molecule has 0 atom stereocenters. The van der Waals surface area contributed by atoms with E-state index in [0.717, 1.165) is 6.42 Å². The van der Waals surface area contributed by atoms with Crippen molar-refractivity contribution in [2.75, 3.05) is 13.2 Å². The van der Waals surface area contributed by atoms with Crippen LogP contribution in [0.5, 0.6) is 0 Å². The molecule has 0 spiro atoms. The predicted octanol–water partition coefficient (Wildman–Crippen LogP) is 1.56. The molecule has 2 N–H and O–H groups in total. The summed E-state index contributed by atoms with van der Waals surface area (Å²) in [5.41, 5.74) is 6.13. The van der Waals surface area contributed by atoms with Crippen LogP contribution < -0.4 is 5.73 Å². The van der Waals surface area contributed by atoms with Crippen molar-refractivity contribution >= 4 is 0 Å². The zero-order valence-electron chi connectivity index (χ0n) is 8.37. The average molecular weight is 208 g/mol. The van der Waals surface area contributed by atoms with Gasteiger partial charge in [-0.1, -0.05) is 0 Å². The van der Waals surface area contributed by atoms with Gasteiger partial charge in [0.1, 0.15) is 5.82 Å². The Kier molecular flexibility index (Phi) is 4.75. The van der Waals surface area contributed by atoms with Gasteiger partial charge in [-0.25, -0.2) is 4.39 Å². The summed E-state index contributed by atoms with van der Waals surface area (Å²) in [5, 5.41) is 8.63. The molecule has 0 heterocycles. The van der Waals surface area contributed by atoms with Gasteiger partial charge in [-0.15, -0.1) is 0 Å². The fourth-order valence-corrected chi connectivity index (χ4v) is 1.12. The first kappa shape index (κ1) is 11.6. The van der Waals surface area contributed by atoms with Crippen molar-refractivity contribution in [3.8, 4) is 6.07 Å². The molecule has 3 nitrogen and oxygen atoms in total. The molecule has 15 heavy (non-hydrogen) atoms. The molecule has 1 rings (SSSR count). The minimum atomic E-state index is -0.346. The van der Waals surface area contributed by atoms with Crippen LogP contribution in [0.25, 0.3) is 0 Å². The Morgan fingerprint density at radius 2 is 2.27 bits per heavy atom. The smallest absolute Gasteiger partial charge is 0.128 e. The summed E-state index contributed by atoms with van der Waals surface area (Å²) < 4.78 is 18.4. The van der Waals surface area contributed by atoms with Gasteiger partial charge in [-0.3, -0.25) is 0 Å². The summed E-state index contributed by atoms with van der Waals surface area (Å²) in [7, 11) is 0. The lowest BCUT2D eigenvalue weighted by Crippen LogP contribution is -2.05. The monoisotopic (exact) mass is 208 g/mol. The molecular weight excluding hydrogens is 195 g/mol. The molecular formula is C11H13FN2O. The molecule has 0 bridgehead atoms. The third-order valence-corrected chi connectivity index (χ3v) is 1.93. The number of nitrogens with two attached hydrogens (primary N) is 1. The van der Waals surface area contributed by atoms with E-state index in [-0.39, 0.29) is 12.4 Å². The van der Waals surface area contributed by atoms with Crippen LogP contribution in [0, 0.1) is 17.1 Å². The fraction of sp³-hybridized carbons (Fsp3) is 0.364.